The number of unbranched alkanes of at least 4 members (excludes halogenated alkanes) is 1. The standard InChI is InChI=1S/C15H30O3Si/c1-5-19(6-2,7-3)18-14-12-10-8-9-11-13-15(16)17-4/h8,10H,5-7,9,11-14H2,1-4H3/b10-8+. The summed E-state index contributed by atoms with van der Waals surface area (Å²) in [5.41, 5.74) is 0. The smallest absolute Gasteiger partial charge is 0.305 e. The first-order valence-electron chi connectivity index (χ1n) is 7.49. The molecule has 0 aliphatic heterocycles. The van der Waals surface area contributed by atoms with Crippen molar-refractivity contribution in [2.24, 2.45) is 0 Å². The van der Waals surface area contributed by atoms with Crippen molar-refractivity contribution in [3.63, 3.8) is 0 Å². The van der Waals surface area contributed by atoms with Crippen molar-refractivity contribution >= 4 is 14.3 Å². The molecule has 0 bridgehead atoms. The van der Waals surface area contributed by atoms with Gasteiger partial charge in [0.1, 0.15) is 0 Å². The van der Waals surface area contributed by atoms with Crippen LogP contribution >= 0.6 is 0 Å². The van der Waals surface area contributed by atoms with Gasteiger partial charge in [0.25, 0.3) is 0 Å². The summed E-state index contributed by atoms with van der Waals surface area (Å²) in [4.78, 5) is 10.9. The molecule has 19 heavy (non-hydrogen) atoms. The third-order valence-electron chi connectivity index (χ3n) is 3.77. The zero-order valence-corrected chi connectivity index (χ0v) is 14.0. The molecule has 0 heterocycles. The Bertz CT molecular complexity index is 252. The number of hydrogen-bond acceptors (Lipinski definition) is 3. The second-order valence-corrected chi connectivity index (χ2v) is 9.60. The average molecular weight is 286 g/mol. The number of carbonyl (C=O) groups excluding carboxylic acids is 1. The summed E-state index contributed by atoms with van der Waals surface area (Å²) in [6.07, 6.45) is 7.59. The number of esters is 1. The van der Waals surface area contributed by atoms with Crippen molar-refractivity contribution < 1.29 is 14.0 Å². The summed E-state index contributed by atoms with van der Waals surface area (Å²) >= 11 is 0. The van der Waals surface area contributed by atoms with Crippen LogP contribution in [0.1, 0.15) is 46.5 Å². The van der Waals surface area contributed by atoms with Gasteiger partial charge in [-0.3, -0.25) is 4.79 Å². The van der Waals surface area contributed by atoms with Gasteiger partial charge in [-0.1, -0.05) is 32.9 Å². The third-order valence-corrected chi connectivity index (χ3v) is 8.45. The molecule has 0 aromatic heterocycles. The molecule has 0 atom stereocenters. The minimum absolute atomic E-state index is 0.124. The van der Waals surface area contributed by atoms with Gasteiger partial charge in [-0.25, -0.2) is 0 Å². The van der Waals surface area contributed by atoms with Gasteiger partial charge in [0, 0.05) is 13.0 Å². The van der Waals surface area contributed by atoms with Crippen molar-refractivity contribution in [3.05, 3.63) is 12.2 Å². The van der Waals surface area contributed by atoms with E-state index >= 15 is 0 Å². The van der Waals surface area contributed by atoms with E-state index in [1.165, 1.54) is 25.2 Å². The molecule has 0 rings (SSSR count). The lowest BCUT2D eigenvalue weighted by Gasteiger charge is -2.27. The van der Waals surface area contributed by atoms with E-state index in [0.29, 0.717) is 6.42 Å². The summed E-state index contributed by atoms with van der Waals surface area (Å²) in [5.74, 6) is -0.124. The van der Waals surface area contributed by atoms with Crippen LogP contribution in [-0.2, 0) is 14.0 Å². The maximum Gasteiger partial charge on any atom is 0.305 e. The topological polar surface area (TPSA) is 35.5 Å². The number of ether oxygens (including phenoxy) is 1. The van der Waals surface area contributed by atoms with Crippen LogP contribution < -0.4 is 0 Å². The summed E-state index contributed by atoms with van der Waals surface area (Å²) in [5, 5.41) is 0. The Morgan fingerprint density at radius 2 is 1.63 bits per heavy atom. The Kier molecular flexibility index (Phi) is 10.9. The fourth-order valence-electron chi connectivity index (χ4n) is 2.10. The number of rotatable bonds is 11. The number of allylic oxidation sites excluding steroid dienone is 1. The molecule has 0 saturated heterocycles. The molecular formula is C15H30O3Si. The van der Waals surface area contributed by atoms with Crippen LogP contribution in [-0.4, -0.2) is 28.0 Å². The van der Waals surface area contributed by atoms with Gasteiger partial charge < -0.3 is 9.16 Å². The van der Waals surface area contributed by atoms with Crippen molar-refractivity contribution in [2.45, 2.75) is 64.6 Å². The monoisotopic (exact) mass is 286 g/mol. The second-order valence-electron chi connectivity index (χ2n) is 4.82. The lowest BCUT2D eigenvalue weighted by atomic mass is 10.2. The van der Waals surface area contributed by atoms with Crippen LogP contribution in [0.25, 0.3) is 0 Å². The molecule has 0 spiro atoms. The summed E-state index contributed by atoms with van der Waals surface area (Å²) in [6.45, 7) is 7.60. The van der Waals surface area contributed by atoms with E-state index in [1.54, 1.807) is 0 Å². The summed E-state index contributed by atoms with van der Waals surface area (Å²) < 4.78 is 10.7. The average Bonchev–Trinajstić information content (AvgIpc) is 2.46. The van der Waals surface area contributed by atoms with Gasteiger partial charge in [-0.05, 0) is 37.4 Å². The van der Waals surface area contributed by atoms with Gasteiger partial charge in [0.15, 0.2) is 8.32 Å². The Morgan fingerprint density at radius 3 is 2.16 bits per heavy atom. The van der Waals surface area contributed by atoms with E-state index < -0.39 is 8.32 Å². The Morgan fingerprint density at radius 1 is 1.05 bits per heavy atom. The lowest BCUT2D eigenvalue weighted by molar-refractivity contribution is -0.140. The molecule has 4 heteroatoms. The van der Waals surface area contributed by atoms with Crippen LogP contribution in [0.4, 0.5) is 0 Å². The second kappa shape index (κ2) is 11.2. The van der Waals surface area contributed by atoms with Crippen LogP contribution in [0.2, 0.25) is 18.1 Å². The predicted octanol–water partition coefficient (Wildman–Crippen LogP) is 4.30. The van der Waals surface area contributed by atoms with Gasteiger partial charge in [0.05, 0.1) is 7.11 Å². The van der Waals surface area contributed by atoms with E-state index in [4.69, 9.17) is 4.43 Å². The predicted molar refractivity (Wildman–Crippen MR) is 82.8 cm³/mol. The van der Waals surface area contributed by atoms with Crippen LogP contribution in [0, 0.1) is 0 Å². The van der Waals surface area contributed by atoms with Gasteiger partial charge >= 0.3 is 5.97 Å². The first kappa shape index (κ1) is 18.4. The van der Waals surface area contributed by atoms with E-state index in [-0.39, 0.29) is 5.97 Å². The number of carbonyl (C=O) groups is 1. The number of methoxy groups -OCH3 is 1. The Hall–Kier alpha value is -0.613. The maximum atomic E-state index is 10.9. The molecule has 112 valence electrons. The molecule has 0 aliphatic carbocycles. The van der Waals surface area contributed by atoms with Gasteiger partial charge in [-0.2, -0.15) is 0 Å². The molecule has 0 unspecified atom stereocenters. The van der Waals surface area contributed by atoms with E-state index in [2.05, 4.69) is 37.7 Å². The molecular weight excluding hydrogens is 256 g/mol. The third kappa shape index (κ3) is 8.21. The zero-order chi connectivity index (χ0) is 14.6. The first-order chi connectivity index (χ1) is 9.14. The Balaban J connectivity index is 3.65. The molecule has 0 radical (unpaired) electrons. The zero-order valence-electron chi connectivity index (χ0n) is 13.0. The van der Waals surface area contributed by atoms with E-state index in [0.717, 1.165) is 25.9 Å². The highest BCUT2D eigenvalue weighted by Crippen LogP contribution is 2.21. The van der Waals surface area contributed by atoms with Crippen molar-refractivity contribution in [1.82, 2.24) is 0 Å². The highest BCUT2D eigenvalue weighted by molar-refractivity contribution is 6.73. The lowest BCUT2D eigenvalue weighted by Crippen LogP contribution is -2.35. The molecule has 0 aromatic rings. The maximum absolute atomic E-state index is 10.9. The van der Waals surface area contributed by atoms with E-state index in [9.17, 15) is 4.79 Å². The fourth-order valence-corrected chi connectivity index (χ4v) is 4.76. The molecule has 0 aliphatic rings. The van der Waals surface area contributed by atoms with Crippen LogP contribution in [0.5, 0.6) is 0 Å². The van der Waals surface area contributed by atoms with Gasteiger partial charge in [0.2, 0.25) is 0 Å². The number of hydrogen-bond donors (Lipinski definition) is 0. The molecule has 0 aromatic carbocycles. The first-order valence-corrected chi connectivity index (χ1v) is 10.0. The molecule has 0 N–H and O–H groups in total. The van der Waals surface area contributed by atoms with E-state index in [1.807, 2.05) is 0 Å². The normalized spacial score (nSPS) is 12.0. The largest absolute Gasteiger partial charge is 0.469 e. The SMILES string of the molecule is CC[Si](CC)(CC)OCC/C=C/CCCC(=O)OC. The van der Waals surface area contributed by atoms with Crippen molar-refractivity contribution in [1.29, 1.82) is 0 Å². The van der Waals surface area contributed by atoms with Gasteiger partial charge in [-0.15, -0.1) is 0 Å². The van der Waals surface area contributed by atoms with Crippen LogP contribution in [0.3, 0.4) is 0 Å². The highest BCUT2D eigenvalue weighted by atomic mass is 28.4. The summed E-state index contributed by atoms with van der Waals surface area (Å²) in [6, 6.07) is 3.63. The molecule has 3 nitrogen and oxygen atoms in total. The molecule has 0 saturated carbocycles. The quantitative estimate of drug-likeness (QED) is 0.246. The van der Waals surface area contributed by atoms with Crippen LogP contribution in [0.15, 0.2) is 12.2 Å². The molecule has 0 amide bonds. The molecule has 0 fully saturated rings. The van der Waals surface area contributed by atoms with Crippen molar-refractivity contribution in [3.8, 4) is 0 Å². The minimum Gasteiger partial charge on any atom is -0.469 e. The minimum atomic E-state index is -1.41. The fraction of sp³-hybridized carbons (Fsp3) is 0.800. The Labute approximate surface area is 119 Å². The highest BCUT2D eigenvalue weighted by Gasteiger charge is 2.27. The summed E-state index contributed by atoms with van der Waals surface area (Å²) in [7, 11) is 0.0237. The van der Waals surface area contributed by atoms with Crippen molar-refractivity contribution in [2.75, 3.05) is 13.7 Å².